The molecule has 1 aromatic rings. The summed E-state index contributed by atoms with van der Waals surface area (Å²) in [7, 11) is 1.69. The SMILES string of the molecule is C/C=C\C/C(=C\CC)[C@]1(C)NC(COC(C)COC)=N[C@@H]1c1ccccc1. The fourth-order valence-electron chi connectivity index (χ4n) is 3.56. The number of aliphatic imine (C=N–C) groups is 1. The maximum Gasteiger partial charge on any atom is 0.124 e. The molecule has 4 nitrogen and oxygen atoms in total. The summed E-state index contributed by atoms with van der Waals surface area (Å²) >= 11 is 0. The molecule has 0 aliphatic carbocycles. The molecule has 1 N–H and O–H groups in total. The molecule has 0 bridgehead atoms. The van der Waals surface area contributed by atoms with Crippen molar-refractivity contribution in [2.24, 2.45) is 4.99 Å². The second-order valence-corrected chi connectivity index (χ2v) is 7.20. The molecule has 0 spiro atoms. The van der Waals surface area contributed by atoms with Crippen molar-refractivity contribution in [3.8, 4) is 0 Å². The smallest absolute Gasteiger partial charge is 0.124 e. The highest BCUT2D eigenvalue weighted by Gasteiger charge is 2.43. The Bertz CT molecular complexity index is 666. The molecule has 0 saturated heterocycles. The minimum Gasteiger partial charge on any atom is -0.382 e. The fraction of sp³-hybridized carbons (Fsp3) is 0.522. The number of nitrogens with one attached hydrogen (secondary N) is 1. The number of methoxy groups -OCH3 is 1. The van der Waals surface area contributed by atoms with Crippen LogP contribution >= 0.6 is 0 Å². The lowest BCUT2D eigenvalue weighted by Crippen LogP contribution is -2.47. The van der Waals surface area contributed by atoms with E-state index in [0.717, 1.165) is 18.7 Å². The van der Waals surface area contributed by atoms with E-state index in [0.29, 0.717) is 13.2 Å². The van der Waals surface area contributed by atoms with E-state index in [1.807, 2.05) is 13.0 Å². The molecule has 1 aliphatic heterocycles. The Kier molecular flexibility index (Phi) is 8.26. The monoisotopic (exact) mass is 370 g/mol. The molecule has 0 amide bonds. The normalized spacial score (nSPS) is 24.1. The van der Waals surface area contributed by atoms with Gasteiger partial charge in [0.15, 0.2) is 0 Å². The average molecular weight is 371 g/mol. The van der Waals surface area contributed by atoms with Crippen molar-refractivity contribution in [3.05, 3.63) is 59.7 Å². The summed E-state index contributed by atoms with van der Waals surface area (Å²) in [6, 6.07) is 10.5. The maximum absolute atomic E-state index is 5.91. The van der Waals surface area contributed by atoms with Gasteiger partial charge in [-0.3, -0.25) is 4.99 Å². The standard InChI is InChI=1S/C23H34N2O2/c1-6-8-15-20(12-7-2)23(4)22(19-13-10-9-11-14-19)24-21(25-23)17-27-18(3)16-26-5/h6,8-14,18,22H,7,15-17H2,1-5H3,(H,24,25)/b8-6-,20-12+/t18?,22-,23+/m1/s1. The van der Waals surface area contributed by atoms with Gasteiger partial charge < -0.3 is 14.8 Å². The van der Waals surface area contributed by atoms with Gasteiger partial charge in [0.2, 0.25) is 0 Å². The minimum absolute atomic E-state index is 0.0260. The van der Waals surface area contributed by atoms with E-state index in [1.165, 1.54) is 11.1 Å². The summed E-state index contributed by atoms with van der Waals surface area (Å²) in [6.07, 6.45) is 8.61. The molecule has 3 atom stereocenters. The van der Waals surface area contributed by atoms with Crippen molar-refractivity contribution < 1.29 is 9.47 Å². The van der Waals surface area contributed by atoms with Gasteiger partial charge in [0.1, 0.15) is 18.5 Å². The fourth-order valence-corrected chi connectivity index (χ4v) is 3.56. The molecule has 148 valence electrons. The van der Waals surface area contributed by atoms with Gasteiger partial charge in [0, 0.05) is 7.11 Å². The van der Waals surface area contributed by atoms with Crippen molar-refractivity contribution >= 4 is 5.84 Å². The van der Waals surface area contributed by atoms with Gasteiger partial charge >= 0.3 is 0 Å². The quantitative estimate of drug-likeness (QED) is 0.599. The third-order valence-corrected chi connectivity index (χ3v) is 4.95. The molecular weight excluding hydrogens is 336 g/mol. The number of ether oxygens (including phenoxy) is 2. The summed E-state index contributed by atoms with van der Waals surface area (Å²) in [6.45, 7) is 9.56. The lowest BCUT2D eigenvalue weighted by atomic mass is 9.79. The Labute approximate surface area is 164 Å². The summed E-state index contributed by atoms with van der Waals surface area (Å²) < 4.78 is 11.1. The number of nitrogens with zero attached hydrogens (tertiary/aromatic N) is 1. The maximum atomic E-state index is 5.91. The third-order valence-electron chi connectivity index (χ3n) is 4.95. The van der Waals surface area contributed by atoms with Crippen molar-refractivity contribution in [2.75, 3.05) is 20.3 Å². The van der Waals surface area contributed by atoms with E-state index in [4.69, 9.17) is 14.5 Å². The third kappa shape index (κ3) is 5.53. The van der Waals surface area contributed by atoms with Crippen molar-refractivity contribution in [1.82, 2.24) is 5.32 Å². The molecule has 1 aromatic carbocycles. The molecule has 27 heavy (non-hydrogen) atoms. The highest BCUT2D eigenvalue weighted by atomic mass is 16.5. The topological polar surface area (TPSA) is 42.8 Å². The first kappa shape index (κ1) is 21.4. The lowest BCUT2D eigenvalue weighted by Gasteiger charge is -2.34. The van der Waals surface area contributed by atoms with Gasteiger partial charge in [-0.15, -0.1) is 0 Å². The Hall–Kier alpha value is -1.91. The number of benzene rings is 1. The summed E-state index contributed by atoms with van der Waals surface area (Å²) in [5, 5.41) is 3.69. The highest BCUT2D eigenvalue weighted by molar-refractivity contribution is 5.87. The number of hydrogen-bond donors (Lipinski definition) is 1. The first-order valence-electron chi connectivity index (χ1n) is 9.86. The molecular formula is C23H34N2O2. The molecule has 4 heteroatoms. The van der Waals surface area contributed by atoms with Crippen LogP contribution in [0.2, 0.25) is 0 Å². The van der Waals surface area contributed by atoms with E-state index in [1.54, 1.807) is 7.11 Å². The number of hydrogen-bond acceptors (Lipinski definition) is 4. The first-order chi connectivity index (χ1) is 13.0. The van der Waals surface area contributed by atoms with Crippen LogP contribution in [0.1, 0.15) is 52.1 Å². The van der Waals surface area contributed by atoms with Gasteiger partial charge in [-0.1, -0.05) is 55.5 Å². The second kappa shape index (κ2) is 10.4. The Morgan fingerprint density at radius 2 is 2.07 bits per heavy atom. The van der Waals surface area contributed by atoms with E-state index in [2.05, 4.69) is 68.6 Å². The summed E-state index contributed by atoms with van der Waals surface area (Å²) in [5.41, 5.74) is 2.32. The second-order valence-electron chi connectivity index (χ2n) is 7.20. The van der Waals surface area contributed by atoms with Gasteiger partial charge in [-0.05, 0) is 44.7 Å². The van der Waals surface area contributed by atoms with Gasteiger partial charge in [-0.2, -0.15) is 0 Å². The van der Waals surface area contributed by atoms with Crippen LogP contribution in [-0.2, 0) is 9.47 Å². The van der Waals surface area contributed by atoms with Gasteiger partial charge in [0.05, 0.1) is 18.2 Å². The van der Waals surface area contributed by atoms with Crippen LogP contribution in [-0.4, -0.2) is 37.8 Å². The predicted octanol–water partition coefficient (Wildman–Crippen LogP) is 4.84. The summed E-state index contributed by atoms with van der Waals surface area (Å²) in [5.74, 6) is 0.900. The molecule has 0 saturated carbocycles. The largest absolute Gasteiger partial charge is 0.382 e. The first-order valence-corrected chi connectivity index (χ1v) is 9.86. The van der Waals surface area contributed by atoms with E-state index >= 15 is 0 Å². The number of amidine groups is 1. The zero-order chi connectivity index (χ0) is 19.7. The van der Waals surface area contributed by atoms with Crippen LogP contribution in [0.15, 0.2) is 59.1 Å². The zero-order valence-electron chi connectivity index (χ0n) is 17.4. The Morgan fingerprint density at radius 3 is 2.70 bits per heavy atom. The zero-order valence-corrected chi connectivity index (χ0v) is 17.4. The Morgan fingerprint density at radius 1 is 1.33 bits per heavy atom. The molecule has 1 aliphatic rings. The van der Waals surface area contributed by atoms with E-state index < -0.39 is 0 Å². The molecule has 0 aromatic heterocycles. The molecule has 1 unspecified atom stereocenters. The minimum atomic E-state index is -0.264. The van der Waals surface area contributed by atoms with Crippen molar-refractivity contribution in [1.29, 1.82) is 0 Å². The van der Waals surface area contributed by atoms with E-state index in [-0.39, 0.29) is 17.7 Å². The molecule has 0 radical (unpaired) electrons. The predicted molar refractivity (Wildman–Crippen MR) is 113 cm³/mol. The summed E-state index contributed by atoms with van der Waals surface area (Å²) in [4.78, 5) is 5.03. The van der Waals surface area contributed by atoms with Crippen LogP contribution in [0.4, 0.5) is 0 Å². The van der Waals surface area contributed by atoms with Crippen LogP contribution in [0.5, 0.6) is 0 Å². The van der Waals surface area contributed by atoms with Gasteiger partial charge in [0.25, 0.3) is 0 Å². The molecule has 0 fully saturated rings. The molecule has 1 heterocycles. The number of allylic oxidation sites excluding steroid dienone is 3. The highest BCUT2D eigenvalue weighted by Crippen LogP contribution is 2.40. The van der Waals surface area contributed by atoms with Crippen LogP contribution in [0.25, 0.3) is 0 Å². The number of rotatable bonds is 10. The average Bonchev–Trinajstić information content (AvgIpc) is 3.02. The molecule has 2 rings (SSSR count). The lowest BCUT2D eigenvalue weighted by molar-refractivity contribution is 0.0266. The van der Waals surface area contributed by atoms with Crippen LogP contribution in [0, 0.1) is 0 Å². The Balaban J connectivity index is 2.30. The van der Waals surface area contributed by atoms with Crippen LogP contribution in [0.3, 0.4) is 0 Å². The van der Waals surface area contributed by atoms with E-state index in [9.17, 15) is 0 Å². The van der Waals surface area contributed by atoms with Crippen molar-refractivity contribution in [2.45, 2.75) is 58.2 Å². The van der Waals surface area contributed by atoms with Gasteiger partial charge in [-0.25, -0.2) is 0 Å². The van der Waals surface area contributed by atoms with Crippen molar-refractivity contribution in [3.63, 3.8) is 0 Å². The van der Waals surface area contributed by atoms with Crippen LogP contribution < -0.4 is 5.32 Å².